The zero-order chi connectivity index (χ0) is 12.3. The van der Waals surface area contributed by atoms with Crippen molar-refractivity contribution in [2.45, 2.75) is 0 Å². The highest BCUT2D eigenvalue weighted by Gasteiger charge is 2.12. The van der Waals surface area contributed by atoms with Gasteiger partial charge >= 0.3 is 0 Å². The van der Waals surface area contributed by atoms with E-state index in [1.165, 1.54) is 21.9 Å². The van der Waals surface area contributed by atoms with Gasteiger partial charge in [-0.25, -0.2) is 4.98 Å². The molecule has 0 spiro atoms. The van der Waals surface area contributed by atoms with Crippen LogP contribution in [-0.4, -0.2) is 35.6 Å². The number of hydrogen-bond donors (Lipinski definition) is 1. The Morgan fingerprint density at radius 1 is 1.65 bits per heavy atom. The van der Waals surface area contributed by atoms with Crippen molar-refractivity contribution in [2.75, 3.05) is 20.3 Å². The van der Waals surface area contributed by atoms with Gasteiger partial charge in [0.2, 0.25) is 0 Å². The largest absolute Gasteiger partial charge is 0.383 e. The van der Waals surface area contributed by atoms with Crippen molar-refractivity contribution >= 4 is 22.2 Å². The van der Waals surface area contributed by atoms with Crippen LogP contribution in [0.4, 0.5) is 0 Å². The third-order valence-electron chi connectivity index (χ3n) is 2.18. The maximum absolute atomic E-state index is 11.9. The summed E-state index contributed by atoms with van der Waals surface area (Å²) in [6.45, 7) is 0.766. The fourth-order valence-electron chi connectivity index (χ4n) is 1.34. The van der Waals surface area contributed by atoms with Crippen molar-refractivity contribution in [2.24, 2.45) is 0 Å². The van der Waals surface area contributed by atoms with Gasteiger partial charge in [-0.3, -0.25) is 14.0 Å². The summed E-state index contributed by atoms with van der Waals surface area (Å²) in [7, 11) is 1.54. The summed E-state index contributed by atoms with van der Waals surface area (Å²) in [6.07, 6.45) is 2.90. The van der Waals surface area contributed by atoms with Crippen LogP contribution in [0.3, 0.4) is 0 Å². The zero-order valence-corrected chi connectivity index (χ0v) is 9.99. The molecule has 0 aliphatic heterocycles. The van der Waals surface area contributed by atoms with Gasteiger partial charge in [0.05, 0.1) is 6.61 Å². The lowest BCUT2D eigenvalue weighted by Gasteiger charge is -2.03. The van der Waals surface area contributed by atoms with Crippen LogP contribution in [0.5, 0.6) is 0 Å². The Labute approximate surface area is 101 Å². The quantitative estimate of drug-likeness (QED) is 0.786. The number of hydrogen-bond acceptors (Lipinski definition) is 5. The average molecular weight is 253 g/mol. The van der Waals surface area contributed by atoms with Crippen molar-refractivity contribution in [3.8, 4) is 0 Å². The first-order chi connectivity index (χ1) is 8.24. The molecule has 0 unspecified atom stereocenters. The monoisotopic (exact) mass is 253 g/mol. The predicted octanol–water partition coefficient (Wildman–Crippen LogP) is 0.132. The lowest BCUT2D eigenvalue weighted by molar-refractivity contribution is 0.0935. The van der Waals surface area contributed by atoms with Crippen LogP contribution < -0.4 is 10.9 Å². The Balaban J connectivity index is 2.26. The van der Waals surface area contributed by atoms with E-state index in [9.17, 15) is 9.59 Å². The molecule has 0 bridgehead atoms. The number of nitrogens with one attached hydrogen (secondary N) is 1. The van der Waals surface area contributed by atoms with E-state index in [0.717, 1.165) is 0 Å². The smallest absolute Gasteiger partial charge is 0.271 e. The van der Waals surface area contributed by atoms with E-state index < -0.39 is 5.91 Å². The van der Waals surface area contributed by atoms with Crippen molar-refractivity contribution < 1.29 is 9.53 Å². The minimum atomic E-state index is -0.430. The SMILES string of the molecule is COCCNC(=O)c1cnc2sccn2c1=O. The van der Waals surface area contributed by atoms with E-state index in [1.807, 2.05) is 0 Å². The summed E-state index contributed by atoms with van der Waals surface area (Å²) in [5.74, 6) is -0.430. The molecule has 6 nitrogen and oxygen atoms in total. The third-order valence-corrected chi connectivity index (χ3v) is 2.95. The van der Waals surface area contributed by atoms with Crippen LogP contribution in [0.1, 0.15) is 10.4 Å². The molecule has 2 heterocycles. The molecule has 0 atom stereocenters. The van der Waals surface area contributed by atoms with E-state index in [4.69, 9.17) is 4.74 Å². The molecule has 0 saturated carbocycles. The first-order valence-corrected chi connectivity index (χ1v) is 5.84. The standard InChI is InChI=1S/C10H11N3O3S/c1-16-4-2-11-8(14)7-6-12-10-13(9(7)15)3-5-17-10/h3,5-6H,2,4H2,1H3,(H,11,14). The van der Waals surface area contributed by atoms with Crippen LogP contribution >= 0.6 is 11.3 Å². The van der Waals surface area contributed by atoms with Gasteiger partial charge in [-0.1, -0.05) is 0 Å². The molecule has 2 aromatic heterocycles. The summed E-state index contributed by atoms with van der Waals surface area (Å²) in [5.41, 5.74) is -0.317. The highest BCUT2D eigenvalue weighted by atomic mass is 32.1. The van der Waals surface area contributed by atoms with Gasteiger partial charge < -0.3 is 10.1 Å². The van der Waals surface area contributed by atoms with Gasteiger partial charge in [-0.15, -0.1) is 11.3 Å². The van der Waals surface area contributed by atoms with Gasteiger partial charge in [0.15, 0.2) is 4.96 Å². The number of carbonyl (C=O) groups is 1. The van der Waals surface area contributed by atoms with Gasteiger partial charge in [0, 0.05) is 31.4 Å². The number of thiazole rings is 1. The second-order valence-electron chi connectivity index (χ2n) is 3.28. The maximum Gasteiger partial charge on any atom is 0.271 e. The fourth-order valence-corrected chi connectivity index (χ4v) is 2.02. The number of carbonyl (C=O) groups excluding carboxylic acids is 1. The minimum absolute atomic E-state index is 0.0389. The molecule has 0 radical (unpaired) electrons. The molecule has 7 heteroatoms. The normalized spacial score (nSPS) is 10.6. The fraction of sp³-hybridized carbons (Fsp3) is 0.300. The van der Waals surface area contributed by atoms with E-state index in [1.54, 1.807) is 18.7 Å². The Bertz CT molecular complexity index is 590. The summed E-state index contributed by atoms with van der Waals surface area (Å²) in [5, 5.41) is 4.33. The van der Waals surface area contributed by atoms with Crippen molar-refractivity contribution in [1.29, 1.82) is 0 Å². The lowest BCUT2D eigenvalue weighted by atomic mass is 10.3. The molecular weight excluding hydrogens is 242 g/mol. The predicted molar refractivity (Wildman–Crippen MR) is 63.5 cm³/mol. The Hall–Kier alpha value is -1.73. The second kappa shape index (κ2) is 5.07. The van der Waals surface area contributed by atoms with Crippen LogP contribution in [0.15, 0.2) is 22.6 Å². The molecule has 90 valence electrons. The van der Waals surface area contributed by atoms with Crippen LogP contribution in [0.2, 0.25) is 0 Å². The molecule has 0 aromatic carbocycles. The summed E-state index contributed by atoms with van der Waals surface area (Å²) in [4.78, 5) is 28.2. The number of amides is 1. The molecule has 0 aliphatic rings. The zero-order valence-electron chi connectivity index (χ0n) is 9.17. The van der Waals surface area contributed by atoms with Crippen LogP contribution in [-0.2, 0) is 4.74 Å². The summed E-state index contributed by atoms with van der Waals surface area (Å²) in [6, 6.07) is 0. The Morgan fingerprint density at radius 2 is 2.47 bits per heavy atom. The highest BCUT2D eigenvalue weighted by molar-refractivity contribution is 7.15. The van der Waals surface area contributed by atoms with E-state index >= 15 is 0 Å². The molecule has 1 N–H and O–H groups in total. The van der Waals surface area contributed by atoms with Crippen molar-refractivity contribution in [3.05, 3.63) is 33.7 Å². The minimum Gasteiger partial charge on any atom is -0.383 e. The Morgan fingerprint density at radius 3 is 3.24 bits per heavy atom. The van der Waals surface area contributed by atoms with E-state index in [0.29, 0.717) is 18.1 Å². The first kappa shape index (κ1) is 11.7. The summed E-state index contributed by atoms with van der Waals surface area (Å²) < 4.78 is 6.16. The van der Waals surface area contributed by atoms with Crippen LogP contribution in [0.25, 0.3) is 4.96 Å². The topological polar surface area (TPSA) is 72.7 Å². The molecule has 1 amide bonds. The number of nitrogens with zero attached hydrogens (tertiary/aromatic N) is 2. The van der Waals surface area contributed by atoms with Gasteiger partial charge in [0.25, 0.3) is 11.5 Å². The van der Waals surface area contributed by atoms with Crippen molar-refractivity contribution in [1.82, 2.24) is 14.7 Å². The van der Waals surface area contributed by atoms with E-state index in [2.05, 4.69) is 10.3 Å². The van der Waals surface area contributed by atoms with Crippen LogP contribution in [0, 0.1) is 0 Å². The number of aromatic nitrogens is 2. The number of rotatable bonds is 4. The van der Waals surface area contributed by atoms with Gasteiger partial charge in [-0.2, -0.15) is 0 Å². The highest BCUT2D eigenvalue weighted by Crippen LogP contribution is 2.05. The molecule has 2 aromatic rings. The Kier molecular flexibility index (Phi) is 3.50. The molecule has 2 rings (SSSR count). The molecule has 0 saturated heterocycles. The van der Waals surface area contributed by atoms with Gasteiger partial charge in [0.1, 0.15) is 5.56 Å². The lowest BCUT2D eigenvalue weighted by Crippen LogP contribution is -2.33. The molecule has 0 fully saturated rings. The van der Waals surface area contributed by atoms with Crippen molar-refractivity contribution in [3.63, 3.8) is 0 Å². The second-order valence-corrected chi connectivity index (χ2v) is 4.15. The maximum atomic E-state index is 11.9. The molecule has 17 heavy (non-hydrogen) atoms. The molecular formula is C10H11N3O3S. The number of fused-ring (bicyclic) bond motifs is 1. The average Bonchev–Trinajstić information content (AvgIpc) is 2.78. The number of methoxy groups -OCH3 is 1. The third kappa shape index (κ3) is 2.34. The molecule has 0 aliphatic carbocycles. The van der Waals surface area contributed by atoms with Gasteiger partial charge in [-0.05, 0) is 0 Å². The van der Waals surface area contributed by atoms with E-state index in [-0.39, 0.29) is 11.1 Å². The number of ether oxygens (including phenoxy) is 1. The summed E-state index contributed by atoms with van der Waals surface area (Å²) >= 11 is 1.34. The first-order valence-electron chi connectivity index (χ1n) is 4.96.